The summed E-state index contributed by atoms with van der Waals surface area (Å²) in [5.74, 6) is 0. The van der Waals surface area contributed by atoms with Crippen molar-refractivity contribution in [3.05, 3.63) is 91.0 Å². The van der Waals surface area contributed by atoms with E-state index in [0.29, 0.717) is 0 Å². The van der Waals surface area contributed by atoms with Crippen molar-refractivity contribution < 1.29 is 8.88 Å². The number of hydrogen-bond donors (Lipinski definition) is 0. The van der Waals surface area contributed by atoms with Crippen molar-refractivity contribution in [3.63, 3.8) is 0 Å². The Balaban J connectivity index is 2.03. The Labute approximate surface area is 176 Å². The third-order valence-corrected chi connectivity index (χ3v) is 11.2. The van der Waals surface area contributed by atoms with Crippen LogP contribution < -0.4 is 16.1 Å². The van der Waals surface area contributed by atoms with Crippen molar-refractivity contribution in [3.8, 4) is 0 Å². The maximum atomic E-state index is 6.96. The molecule has 0 saturated heterocycles. The van der Waals surface area contributed by atoms with E-state index in [2.05, 4.69) is 101 Å². The van der Waals surface area contributed by atoms with Gasteiger partial charge in [-0.05, 0) is 0 Å². The number of benzene rings is 3. The molecule has 5 heteroatoms. The van der Waals surface area contributed by atoms with Gasteiger partial charge in [-0.2, -0.15) is 0 Å². The van der Waals surface area contributed by atoms with Gasteiger partial charge >= 0.3 is 177 Å². The fourth-order valence-electron chi connectivity index (χ4n) is 3.42. The minimum atomic E-state index is -2.65. The quantitative estimate of drug-likeness (QED) is 0.400. The molecule has 0 saturated carbocycles. The third-order valence-electron chi connectivity index (χ3n) is 5.27. The molecule has 0 aliphatic heterocycles. The predicted octanol–water partition coefficient (Wildman–Crippen LogP) is 4.78. The Kier molecular flexibility index (Phi) is 5.85. The summed E-state index contributed by atoms with van der Waals surface area (Å²) in [7, 11) is -0.438. The molecule has 0 N–H and O–H groups in total. The van der Waals surface area contributed by atoms with E-state index < -0.39 is 20.8 Å². The monoisotopic (exact) mass is 426 g/mol. The van der Waals surface area contributed by atoms with E-state index in [1.807, 2.05) is 30.3 Å². The zero-order chi connectivity index (χ0) is 21.2. The Hall–Kier alpha value is -1.50. The molecular weight excluding hydrogens is 393 g/mol. The van der Waals surface area contributed by atoms with Crippen molar-refractivity contribution in [1.82, 2.24) is 0 Å². The summed E-state index contributed by atoms with van der Waals surface area (Å²) in [4.78, 5) is 0. The predicted molar refractivity (Wildman–Crippen MR) is 136 cm³/mol. The van der Waals surface area contributed by atoms with E-state index >= 15 is 0 Å². The van der Waals surface area contributed by atoms with Crippen molar-refractivity contribution in [2.45, 2.75) is 0 Å². The molecule has 0 fully saturated rings. The second-order valence-corrected chi connectivity index (χ2v) is 22.0. The molecule has 0 aromatic heterocycles. The first-order valence-electron chi connectivity index (χ1n) is 9.99. The number of rotatable bonds is 7. The molecular formula is C24H33BO2P2. The molecule has 0 bridgehead atoms. The first kappa shape index (κ1) is 22.2. The molecule has 3 aromatic rings. The fourth-order valence-corrected chi connectivity index (χ4v) is 7.77. The van der Waals surface area contributed by atoms with Crippen LogP contribution in [0, 0.1) is 0 Å². The van der Waals surface area contributed by atoms with Crippen LogP contribution in [-0.4, -0.2) is 47.1 Å². The van der Waals surface area contributed by atoms with E-state index in [-0.39, 0.29) is 0 Å². The Morgan fingerprint density at radius 3 is 1.14 bits per heavy atom. The van der Waals surface area contributed by atoms with Crippen molar-refractivity contribution in [1.29, 1.82) is 0 Å². The van der Waals surface area contributed by atoms with Gasteiger partial charge in [-0.25, -0.2) is 0 Å². The average Bonchev–Trinajstić information content (AvgIpc) is 2.68. The summed E-state index contributed by atoms with van der Waals surface area (Å²) >= 11 is 0. The van der Waals surface area contributed by atoms with Gasteiger partial charge in [0.15, 0.2) is 0 Å². The first-order chi connectivity index (χ1) is 13.4. The molecule has 0 radical (unpaired) electrons. The van der Waals surface area contributed by atoms with E-state index in [1.54, 1.807) is 0 Å². The molecule has 0 unspecified atom stereocenters. The molecule has 0 spiro atoms. The van der Waals surface area contributed by atoms with Gasteiger partial charge in [0.25, 0.3) is 0 Å². The van der Waals surface area contributed by atoms with Crippen molar-refractivity contribution >= 4 is 36.9 Å². The summed E-state index contributed by atoms with van der Waals surface area (Å²) in [6.45, 7) is 8.19. The van der Waals surface area contributed by atoms with E-state index in [4.69, 9.17) is 8.88 Å². The van der Waals surface area contributed by atoms with E-state index in [0.717, 1.165) is 5.46 Å². The summed E-state index contributed by atoms with van der Waals surface area (Å²) < 4.78 is 13.9. The van der Waals surface area contributed by atoms with Gasteiger partial charge in [0, 0.05) is 0 Å². The Morgan fingerprint density at radius 2 is 0.793 bits per heavy atom. The fraction of sp³-hybridized carbons (Fsp3) is 0.250. The van der Waals surface area contributed by atoms with E-state index in [9.17, 15) is 0 Å². The molecule has 0 aliphatic rings. The van der Waals surface area contributed by atoms with E-state index in [1.165, 1.54) is 10.6 Å². The molecule has 3 aromatic carbocycles. The van der Waals surface area contributed by atoms with Gasteiger partial charge in [0.2, 0.25) is 0 Å². The van der Waals surface area contributed by atoms with Gasteiger partial charge < -0.3 is 0 Å². The normalized spacial score (nSPS) is 15.0. The topological polar surface area (TPSA) is 18.5 Å². The zero-order valence-corrected chi connectivity index (χ0v) is 20.2. The van der Waals surface area contributed by atoms with Crippen LogP contribution in [0.1, 0.15) is 0 Å². The SMILES string of the molecule is CP(C)(C)(OB(OP(C)(C)(C)c1ccccc1)c1ccccc1)c1ccccc1. The first-order valence-corrected chi connectivity index (χ1v) is 17.0. The Morgan fingerprint density at radius 1 is 0.483 bits per heavy atom. The third kappa shape index (κ3) is 5.36. The van der Waals surface area contributed by atoms with Gasteiger partial charge in [-0.15, -0.1) is 0 Å². The molecule has 0 heterocycles. The molecule has 2 nitrogen and oxygen atoms in total. The molecule has 154 valence electrons. The van der Waals surface area contributed by atoms with Crippen LogP contribution >= 0.6 is 13.7 Å². The second-order valence-electron chi connectivity index (χ2n) is 9.93. The zero-order valence-electron chi connectivity index (χ0n) is 18.4. The van der Waals surface area contributed by atoms with Crippen LogP contribution in [0.15, 0.2) is 91.0 Å². The maximum absolute atomic E-state index is 6.96. The van der Waals surface area contributed by atoms with Crippen molar-refractivity contribution in [2.75, 3.05) is 40.0 Å². The Bertz CT molecular complexity index is 882. The van der Waals surface area contributed by atoms with Gasteiger partial charge in [-0.3, -0.25) is 0 Å². The van der Waals surface area contributed by atoms with Crippen LogP contribution in [0.3, 0.4) is 0 Å². The molecule has 0 atom stereocenters. The standard InChI is InChI=1S/C24H33BO2P2/c1-28(2,3,23-18-12-8-13-19-23)26-25(22-16-10-7-11-17-22)27-29(4,5,6)24-20-14-9-15-21-24/h7-21H,1-6H3. The summed E-state index contributed by atoms with van der Waals surface area (Å²) in [6.07, 6.45) is 0. The van der Waals surface area contributed by atoms with Gasteiger partial charge in [-0.1, -0.05) is 0 Å². The van der Waals surface area contributed by atoms with Crippen LogP contribution in [0.25, 0.3) is 0 Å². The summed E-state index contributed by atoms with van der Waals surface area (Å²) in [6, 6.07) is 31.4. The average molecular weight is 426 g/mol. The molecule has 0 amide bonds. The number of hydrogen-bond acceptors (Lipinski definition) is 2. The molecule has 29 heavy (non-hydrogen) atoms. The molecule has 0 aliphatic carbocycles. The van der Waals surface area contributed by atoms with Gasteiger partial charge in [0.05, 0.1) is 0 Å². The minimum absolute atomic E-state index is 0.438. The summed E-state index contributed by atoms with van der Waals surface area (Å²) in [5.41, 5.74) is 1.05. The summed E-state index contributed by atoms with van der Waals surface area (Å²) in [5, 5.41) is 2.48. The van der Waals surface area contributed by atoms with Crippen LogP contribution in [0.2, 0.25) is 0 Å². The van der Waals surface area contributed by atoms with Crippen molar-refractivity contribution in [2.24, 2.45) is 0 Å². The van der Waals surface area contributed by atoms with Gasteiger partial charge in [0.1, 0.15) is 0 Å². The van der Waals surface area contributed by atoms with Crippen LogP contribution in [0.4, 0.5) is 0 Å². The molecule has 3 rings (SSSR count). The van der Waals surface area contributed by atoms with Crippen LogP contribution in [-0.2, 0) is 8.88 Å². The second kappa shape index (κ2) is 7.64. The van der Waals surface area contributed by atoms with Crippen LogP contribution in [0.5, 0.6) is 0 Å².